The van der Waals surface area contributed by atoms with Gasteiger partial charge in [0.05, 0.1) is 0 Å². The molecule has 2 amide bonds. The van der Waals surface area contributed by atoms with E-state index in [0.29, 0.717) is 0 Å². The molecular formula is C12H17F3N2O2S. The van der Waals surface area contributed by atoms with Gasteiger partial charge in [-0.2, -0.15) is 13.2 Å². The molecule has 1 heterocycles. The molecule has 0 bridgehead atoms. The summed E-state index contributed by atoms with van der Waals surface area (Å²) in [5.41, 5.74) is -5.24. The average Bonchev–Trinajstić information content (AvgIpc) is 3.14. The van der Waals surface area contributed by atoms with Crippen molar-refractivity contribution in [1.29, 1.82) is 0 Å². The van der Waals surface area contributed by atoms with E-state index in [1.54, 1.807) is 6.92 Å². The molecule has 2 aliphatic rings. The summed E-state index contributed by atoms with van der Waals surface area (Å²) < 4.78 is 36.4. The van der Waals surface area contributed by atoms with E-state index >= 15 is 0 Å². The van der Waals surface area contributed by atoms with Crippen molar-refractivity contribution in [1.82, 2.24) is 10.2 Å². The maximum atomic E-state index is 12.5. The smallest absolute Gasteiger partial charge is 0.342 e. The van der Waals surface area contributed by atoms with E-state index in [-0.39, 0.29) is 54.8 Å². The Labute approximate surface area is 119 Å². The lowest BCUT2D eigenvalue weighted by Gasteiger charge is -2.32. The van der Waals surface area contributed by atoms with E-state index in [1.165, 1.54) is 4.90 Å². The highest BCUT2D eigenvalue weighted by molar-refractivity contribution is 8.00. The maximum Gasteiger partial charge on any atom is 0.441 e. The molecule has 2 rings (SSSR count). The van der Waals surface area contributed by atoms with Crippen molar-refractivity contribution >= 4 is 23.6 Å². The number of nitrogens with zero attached hydrogens (tertiary/aromatic N) is 1. The minimum atomic E-state index is -4.29. The minimum Gasteiger partial charge on any atom is -0.342 e. The summed E-state index contributed by atoms with van der Waals surface area (Å²) in [4.78, 5) is 25.5. The third-order valence-corrected chi connectivity index (χ3v) is 4.47. The Hall–Kier alpha value is -0.920. The summed E-state index contributed by atoms with van der Waals surface area (Å²) in [6, 6.07) is 0. The van der Waals surface area contributed by atoms with E-state index in [2.05, 4.69) is 5.32 Å². The lowest BCUT2D eigenvalue weighted by molar-refractivity contribution is -0.138. The van der Waals surface area contributed by atoms with Crippen LogP contribution in [0.1, 0.15) is 26.2 Å². The molecule has 1 unspecified atom stereocenters. The van der Waals surface area contributed by atoms with Gasteiger partial charge in [-0.1, -0.05) is 0 Å². The van der Waals surface area contributed by atoms with Crippen molar-refractivity contribution in [2.75, 3.05) is 18.8 Å². The van der Waals surface area contributed by atoms with Crippen molar-refractivity contribution in [3.8, 4) is 0 Å². The van der Waals surface area contributed by atoms with Gasteiger partial charge in [0.25, 0.3) is 0 Å². The molecule has 1 saturated heterocycles. The molecular weight excluding hydrogens is 293 g/mol. The highest BCUT2D eigenvalue weighted by Gasteiger charge is 2.51. The second-order valence-electron chi connectivity index (χ2n) is 5.36. The van der Waals surface area contributed by atoms with Gasteiger partial charge in [-0.25, -0.2) is 0 Å². The Kier molecular flexibility index (Phi) is 4.22. The predicted molar refractivity (Wildman–Crippen MR) is 69.0 cm³/mol. The van der Waals surface area contributed by atoms with Crippen LogP contribution in [0.3, 0.4) is 0 Å². The van der Waals surface area contributed by atoms with Crippen molar-refractivity contribution < 1.29 is 22.8 Å². The molecule has 8 heteroatoms. The first-order valence-electron chi connectivity index (χ1n) is 6.53. The number of carbonyl (C=O) groups excluding carboxylic acids is 2. The molecule has 1 aliphatic heterocycles. The second kappa shape index (κ2) is 5.46. The Morgan fingerprint density at radius 3 is 2.60 bits per heavy atom. The molecule has 0 spiro atoms. The van der Waals surface area contributed by atoms with Crippen LogP contribution in [0.4, 0.5) is 13.2 Å². The third kappa shape index (κ3) is 3.59. The molecule has 0 aromatic carbocycles. The highest BCUT2D eigenvalue weighted by atomic mass is 32.2. The lowest BCUT2D eigenvalue weighted by atomic mass is 9.94. The largest absolute Gasteiger partial charge is 0.441 e. The minimum absolute atomic E-state index is 0.0142. The summed E-state index contributed by atoms with van der Waals surface area (Å²) in [7, 11) is 0. The van der Waals surface area contributed by atoms with Gasteiger partial charge in [0.15, 0.2) is 0 Å². The van der Waals surface area contributed by atoms with Crippen LogP contribution in [-0.2, 0) is 9.59 Å². The van der Waals surface area contributed by atoms with E-state index < -0.39 is 11.0 Å². The zero-order chi connectivity index (χ0) is 15.0. The number of hydrogen-bond acceptors (Lipinski definition) is 3. The molecule has 1 N–H and O–H groups in total. The Bertz CT molecular complexity index is 412. The van der Waals surface area contributed by atoms with Crippen LogP contribution in [0.15, 0.2) is 0 Å². The SMILES string of the molecule is CC1(C2CC2)NC(=O)CCN(CCSC(F)(F)F)C1=O. The van der Waals surface area contributed by atoms with Gasteiger partial charge in [0, 0.05) is 25.3 Å². The zero-order valence-electron chi connectivity index (χ0n) is 11.1. The van der Waals surface area contributed by atoms with E-state index in [1.807, 2.05) is 0 Å². The molecule has 2 fully saturated rings. The number of rotatable bonds is 4. The highest BCUT2D eigenvalue weighted by Crippen LogP contribution is 2.41. The first-order chi connectivity index (χ1) is 9.22. The van der Waals surface area contributed by atoms with Gasteiger partial charge in [0.2, 0.25) is 11.8 Å². The van der Waals surface area contributed by atoms with Crippen molar-refractivity contribution in [3.05, 3.63) is 0 Å². The summed E-state index contributed by atoms with van der Waals surface area (Å²) in [5, 5.41) is 2.74. The van der Waals surface area contributed by atoms with Crippen LogP contribution >= 0.6 is 11.8 Å². The fourth-order valence-corrected chi connectivity index (χ4v) is 3.04. The second-order valence-corrected chi connectivity index (χ2v) is 6.52. The van der Waals surface area contributed by atoms with Crippen molar-refractivity contribution in [2.45, 2.75) is 37.2 Å². The number of amides is 2. The van der Waals surface area contributed by atoms with Crippen LogP contribution in [0.5, 0.6) is 0 Å². The molecule has 1 saturated carbocycles. The van der Waals surface area contributed by atoms with Gasteiger partial charge in [-0.05, 0) is 37.4 Å². The molecule has 0 aromatic rings. The van der Waals surface area contributed by atoms with E-state index in [0.717, 1.165) is 12.8 Å². The van der Waals surface area contributed by atoms with Crippen LogP contribution in [0, 0.1) is 5.92 Å². The number of nitrogens with one attached hydrogen (secondary N) is 1. The normalized spacial score (nSPS) is 28.3. The first kappa shape index (κ1) is 15.5. The molecule has 0 radical (unpaired) electrons. The summed E-state index contributed by atoms with van der Waals surface area (Å²) in [6.07, 6.45) is 1.88. The van der Waals surface area contributed by atoms with Crippen molar-refractivity contribution in [2.24, 2.45) is 5.92 Å². The standard InChI is InChI=1S/C12H17F3N2O2S/c1-11(8-2-3-8)10(19)17(5-4-9(18)16-11)6-7-20-12(13,14)15/h8H,2-7H2,1H3,(H,16,18). The summed E-state index contributed by atoms with van der Waals surface area (Å²) in [5.74, 6) is -0.563. The number of hydrogen-bond donors (Lipinski definition) is 1. The van der Waals surface area contributed by atoms with Crippen LogP contribution in [0.2, 0.25) is 0 Å². The predicted octanol–water partition coefficient (Wildman–Crippen LogP) is 1.76. The summed E-state index contributed by atoms with van der Waals surface area (Å²) >= 11 is -0.138. The van der Waals surface area contributed by atoms with Gasteiger partial charge in [-0.15, -0.1) is 0 Å². The number of alkyl halides is 3. The molecule has 20 heavy (non-hydrogen) atoms. The molecule has 1 aliphatic carbocycles. The topological polar surface area (TPSA) is 49.4 Å². The Morgan fingerprint density at radius 1 is 1.40 bits per heavy atom. The van der Waals surface area contributed by atoms with Gasteiger partial charge in [0.1, 0.15) is 5.54 Å². The van der Waals surface area contributed by atoms with Crippen LogP contribution < -0.4 is 5.32 Å². The number of carbonyl (C=O) groups is 2. The van der Waals surface area contributed by atoms with E-state index in [9.17, 15) is 22.8 Å². The van der Waals surface area contributed by atoms with Gasteiger partial charge in [-0.3, -0.25) is 9.59 Å². The number of thioether (sulfide) groups is 1. The molecule has 1 atom stereocenters. The zero-order valence-corrected chi connectivity index (χ0v) is 11.9. The molecule has 0 aromatic heterocycles. The third-order valence-electron chi connectivity index (χ3n) is 3.76. The molecule has 4 nitrogen and oxygen atoms in total. The van der Waals surface area contributed by atoms with Crippen LogP contribution in [-0.4, -0.2) is 46.6 Å². The summed E-state index contributed by atoms with van der Waals surface area (Å²) in [6.45, 7) is 1.88. The quantitative estimate of drug-likeness (QED) is 0.861. The van der Waals surface area contributed by atoms with Crippen molar-refractivity contribution in [3.63, 3.8) is 0 Å². The Balaban J connectivity index is 2.01. The first-order valence-corrected chi connectivity index (χ1v) is 7.52. The fraction of sp³-hybridized carbons (Fsp3) is 0.833. The fourth-order valence-electron chi connectivity index (χ4n) is 2.49. The lowest BCUT2D eigenvalue weighted by Crippen LogP contribution is -2.57. The van der Waals surface area contributed by atoms with E-state index in [4.69, 9.17) is 0 Å². The van der Waals surface area contributed by atoms with Gasteiger partial charge < -0.3 is 10.2 Å². The average molecular weight is 310 g/mol. The monoisotopic (exact) mass is 310 g/mol. The number of halogens is 3. The maximum absolute atomic E-state index is 12.5. The van der Waals surface area contributed by atoms with Crippen LogP contribution in [0.25, 0.3) is 0 Å². The Morgan fingerprint density at radius 2 is 2.05 bits per heavy atom. The molecule has 114 valence electrons. The van der Waals surface area contributed by atoms with Gasteiger partial charge >= 0.3 is 5.51 Å².